The molecule has 0 aliphatic carbocycles. The molecule has 0 atom stereocenters. The number of rotatable bonds is 7. The molecule has 0 radical (unpaired) electrons. The maximum atomic E-state index is 5.60. The van der Waals surface area contributed by atoms with Crippen LogP contribution < -0.4 is 15.6 Å². The van der Waals surface area contributed by atoms with Crippen molar-refractivity contribution in [1.29, 1.82) is 0 Å². The van der Waals surface area contributed by atoms with Gasteiger partial charge in [-0.15, -0.1) is 0 Å². The van der Waals surface area contributed by atoms with Gasteiger partial charge in [0.1, 0.15) is 5.75 Å². The van der Waals surface area contributed by atoms with Crippen LogP contribution in [-0.2, 0) is 0 Å². The zero-order chi connectivity index (χ0) is 17.0. The van der Waals surface area contributed by atoms with Gasteiger partial charge in [0.05, 0.1) is 18.0 Å². The highest BCUT2D eigenvalue weighted by atomic mass is 31.1. The number of hydrogen-bond acceptors (Lipinski definition) is 2. The van der Waals surface area contributed by atoms with Crippen molar-refractivity contribution in [1.82, 2.24) is 4.98 Å². The van der Waals surface area contributed by atoms with Crippen LogP contribution in [0, 0.1) is 0 Å². The largest absolute Gasteiger partial charge is 0.497 e. The highest BCUT2D eigenvalue weighted by molar-refractivity contribution is 7.67. The van der Waals surface area contributed by atoms with Crippen molar-refractivity contribution in [3.8, 4) is 5.75 Å². The standard InChI is InChI=1S/C18H33NOP2/c1-12(2)21(13(3)4)17-10-16(20-9)11-18(19-17)22(14(5)6)15(7)8/h10-15H,1-9H3. The molecule has 0 saturated heterocycles. The first-order valence-electron chi connectivity index (χ1n) is 8.31. The summed E-state index contributed by atoms with van der Waals surface area (Å²) < 4.78 is 5.60. The third-order valence-corrected chi connectivity index (χ3v) is 9.73. The summed E-state index contributed by atoms with van der Waals surface area (Å²) >= 11 is 0. The first kappa shape index (κ1) is 19.9. The molecule has 0 bridgehead atoms. The Bertz CT molecular complexity index is 418. The number of nitrogens with zero attached hydrogens (tertiary/aromatic N) is 1. The van der Waals surface area contributed by atoms with Gasteiger partial charge in [-0.1, -0.05) is 55.4 Å². The lowest BCUT2D eigenvalue weighted by molar-refractivity contribution is 0.415. The Hall–Kier alpha value is -0.190. The molecule has 4 heteroatoms. The lowest BCUT2D eigenvalue weighted by Gasteiger charge is -2.29. The second kappa shape index (κ2) is 8.60. The third kappa shape index (κ3) is 4.90. The van der Waals surface area contributed by atoms with Crippen LogP contribution in [0.3, 0.4) is 0 Å². The molecule has 1 aromatic heterocycles. The lowest BCUT2D eigenvalue weighted by atomic mass is 10.4. The highest BCUT2D eigenvalue weighted by Crippen LogP contribution is 2.47. The zero-order valence-corrected chi connectivity index (χ0v) is 17.5. The van der Waals surface area contributed by atoms with E-state index in [4.69, 9.17) is 9.72 Å². The molecule has 0 amide bonds. The molecule has 0 aliphatic heterocycles. The van der Waals surface area contributed by atoms with Crippen LogP contribution in [0.5, 0.6) is 5.75 Å². The van der Waals surface area contributed by atoms with E-state index in [0.717, 1.165) is 5.75 Å². The molecule has 1 heterocycles. The van der Waals surface area contributed by atoms with Crippen molar-refractivity contribution in [3.05, 3.63) is 12.1 Å². The van der Waals surface area contributed by atoms with Crippen LogP contribution >= 0.6 is 15.8 Å². The quantitative estimate of drug-likeness (QED) is 0.656. The second-order valence-corrected chi connectivity index (χ2v) is 13.6. The fraction of sp³-hybridized carbons (Fsp3) is 0.722. The average Bonchev–Trinajstić information content (AvgIpc) is 2.36. The predicted molar refractivity (Wildman–Crippen MR) is 104 cm³/mol. The first-order chi connectivity index (χ1) is 10.2. The van der Waals surface area contributed by atoms with Gasteiger partial charge in [0.25, 0.3) is 0 Å². The van der Waals surface area contributed by atoms with Crippen LogP contribution in [0.4, 0.5) is 0 Å². The SMILES string of the molecule is COc1cc(P(C(C)C)C(C)C)nc(P(C(C)C)C(C)C)c1. The minimum atomic E-state index is -0.256. The molecule has 126 valence electrons. The molecule has 0 unspecified atom stereocenters. The normalized spacial score (nSPS) is 12.5. The molecule has 0 saturated carbocycles. The number of pyridine rings is 1. The van der Waals surface area contributed by atoms with Crippen LogP contribution in [0.1, 0.15) is 55.4 Å². The lowest BCUT2D eigenvalue weighted by Crippen LogP contribution is -2.27. The van der Waals surface area contributed by atoms with Gasteiger partial charge in [-0.05, 0) is 38.5 Å². The number of ether oxygens (including phenoxy) is 1. The van der Waals surface area contributed by atoms with Crippen LogP contribution in [0.25, 0.3) is 0 Å². The first-order valence-corrected chi connectivity index (χ1v) is 11.3. The van der Waals surface area contributed by atoms with Crippen molar-refractivity contribution in [2.24, 2.45) is 0 Å². The molecule has 0 fully saturated rings. The Morgan fingerprint density at radius 3 is 1.27 bits per heavy atom. The van der Waals surface area contributed by atoms with Crippen molar-refractivity contribution in [2.75, 3.05) is 7.11 Å². The van der Waals surface area contributed by atoms with Gasteiger partial charge in [-0.3, -0.25) is 0 Å². The molecule has 22 heavy (non-hydrogen) atoms. The summed E-state index contributed by atoms with van der Waals surface area (Å²) in [6.45, 7) is 18.6. The van der Waals surface area contributed by atoms with Gasteiger partial charge in [0.2, 0.25) is 0 Å². The second-order valence-electron chi connectivity index (χ2n) is 6.91. The average molecular weight is 341 g/mol. The van der Waals surface area contributed by atoms with E-state index in [-0.39, 0.29) is 15.8 Å². The third-order valence-electron chi connectivity index (χ3n) is 3.76. The maximum Gasteiger partial charge on any atom is 0.123 e. The minimum absolute atomic E-state index is 0.256. The minimum Gasteiger partial charge on any atom is -0.497 e. The van der Waals surface area contributed by atoms with E-state index in [1.54, 1.807) is 7.11 Å². The summed E-state index contributed by atoms with van der Waals surface area (Å²) in [5.74, 6) is 0.975. The van der Waals surface area contributed by atoms with Gasteiger partial charge in [0, 0.05) is 12.1 Å². The molecule has 1 rings (SSSR count). The molecule has 0 N–H and O–H groups in total. The molecule has 2 nitrogen and oxygen atoms in total. The molecular formula is C18H33NOP2. The van der Waals surface area contributed by atoms with Gasteiger partial charge < -0.3 is 4.74 Å². The number of methoxy groups -OCH3 is 1. The van der Waals surface area contributed by atoms with E-state index in [1.807, 2.05) is 0 Å². The van der Waals surface area contributed by atoms with Crippen molar-refractivity contribution < 1.29 is 4.74 Å². The molecule has 1 aromatic rings. The van der Waals surface area contributed by atoms with Crippen molar-refractivity contribution in [2.45, 2.75) is 78.0 Å². The van der Waals surface area contributed by atoms with Gasteiger partial charge in [-0.2, -0.15) is 0 Å². The molecule has 0 aromatic carbocycles. The topological polar surface area (TPSA) is 22.1 Å². The van der Waals surface area contributed by atoms with E-state index in [2.05, 4.69) is 67.5 Å². The van der Waals surface area contributed by atoms with E-state index in [9.17, 15) is 0 Å². The fourth-order valence-electron chi connectivity index (χ4n) is 3.11. The highest BCUT2D eigenvalue weighted by Gasteiger charge is 2.25. The Balaban J connectivity index is 3.39. The zero-order valence-electron chi connectivity index (χ0n) is 15.7. The van der Waals surface area contributed by atoms with Gasteiger partial charge >= 0.3 is 0 Å². The number of aromatic nitrogens is 1. The summed E-state index contributed by atoms with van der Waals surface area (Å²) in [6, 6.07) is 4.34. The smallest absolute Gasteiger partial charge is 0.123 e. The summed E-state index contributed by atoms with van der Waals surface area (Å²) in [6.07, 6.45) is 0. The molecule has 0 spiro atoms. The number of hydrogen-bond donors (Lipinski definition) is 0. The van der Waals surface area contributed by atoms with Gasteiger partial charge in [-0.25, -0.2) is 4.98 Å². The van der Waals surface area contributed by atoms with Crippen molar-refractivity contribution in [3.63, 3.8) is 0 Å². The van der Waals surface area contributed by atoms with E-state index >= 15 is 0 Å². The Labute approximate surface area is 140 Å². The monoisotopic (exact) mass is 341 g/mol. The van der Waals surface area contributed by atoms with E-state index < -0.39 is 0 Å². The van der Waals surface area contributed by atoms with Crippen molar-refractivity contribution >= 4 is 26.7 Å². The summed E-state index contributed by atoms with van der Waals surface area (Å²) in [5, 5.41) is 0. The Kier molecular flexibility index (Phi) is 7.76. The summed E-state index contributed by atoms with van der Waals surface area (Å²) in [5.41, 5.74) is 5.11. The maximum absolute atomic E-state index is 5.60. The molecular weight excluding hydrogens is 308 g/mol. The Morgan fingerprint density at radius 2 is 1.05 bits per heavy atom. The van der Waals surface area contributed by atoms with Crippen LogP contribution in [0.2, 0.25) is 0 Å². The van der Waals surface area contributed by atoms with Gasteiger partial charge in [0.15, 0.2) is 0 Å². The van der Waals surface area contributed by atoms with Crippen LogP contribution in [-0.4, -0.2) is 34.7 Å². The van der Waals surface area contributed by atoms with E-state index in [0.29, 0.717) is 22.6 Å². The van der Waals surface area contributed by atoms with E-state index in [1.165, 1.54) is 10.9 Å². The predicted octanol–water partition coefficient (Wildman–Crippen LogP) is 4.94. The fourth-order valence-corrected chi connectivity index (χ4v) is 8.69. The van der Waals surface area contributed by atoms with Crippen LogP contribution in [0.15, 0.2) is 12.1 Å². The molecule has 0 aliphatic rings. The Morgan fingerprint density at radius 1 is 0.727 bits per heavy atom. The summed E-state index contributed by atoms with van der Waals surface area (Å²) in [7, 11) is 1.25. The summed E-state index contributed by atoms with van der Waals surface area (Å²) in [4.78, 5) is 5.14.